The number of ether oxygens (including phenoxy) is 18. The second kappa shape index (κ2) is 35.9. The average molecular weight is 1320 g/mol. The summed E-state index contributed by atoms with van der Waals surface area (Å²) in [6, 6.07) is 27.5. The molecule has 0 spiro atoms. The van der Waals surface area contributed by atoms with E-state index in [1.807, 2.05) is 36.4 Å². The zero-order valence-electron chi connectivity index (χ0n) is 56.0. The Hall–Kier alpha value is -6.36. The van der Waals surface area contributed by atoms with Gasteiger partial charge in [-0.25, -0.2) is 0 Å². The van der Waals surface area contributed by atoms with Gasteiger partial charge in [0.15, 0.2) is 34.5 Å². The summed E-state index contributed by atoms with van der Waals surface area (Å²) in [5.74, 6) is 3.27. The first-order valence-electron chi connectivity index (χ1n) is 35.4. The summed E-state index contributed by atoms with van der Waals surface area (Å²) >= 11 is 0. The van der Waals surface area contributed by atoms with Crippen LogP contribution in [0.3, 0.4) is 0 Å². The minimum Gasteiger partial charge on any atom is -0.487 e. The van der Waals surface area contributed by atoms with Crippen LogP contribution in [0.15, 0.2) is 72.8 Å². The van der Waals surface area contributed by atoms with Crippen molar-refractivity contribution >= 4 is 64.6 Å². The van der Waals surface area contributed by atoms with Crippen LogP contribution in [0.2, 0.25) is 0 Å². The van der Waals surface area contributed by atoms with E-state index >= 15 is 0 Å². The van der Waals surface area contributed by atoms with Gasteiger partial charge in [-0.05, 0) is 211 Å². The van der Waals surface area contributed by atoms with Crippen molar-refractivity contribution in [3.8, 4) is 34.5 Å². The lowest BCUT2D eigenvalue weighted by molar-refractivity contribution is -0.00841. The number of aryl methyl sites for hydroxylation is 6. The number of fused-ring (bicyclic) bond motifs is 18. The van der Waals surface area contributed by atoms with E-state index in [1.165, 1.54) is 109 Å². The molecule has 6 aliphatic rings. The predicted octanol–water partition coefficient (Wildman–Crippen LogP) is 12.4. The Morgan fingerprint density at radius 1 is 0.135 bits per heavy atom. The minimum absolute atomic E-state index is 0.280. The summed E-state index contributed by atoms with van der Waals surface area (Å²) in [6.45, 7) is 11.9. The largest absolute Gasteiger partial charge is 0.487 e. The molecule has 18 nitrogen and oxygen atoms in total. The van der Waals surface area contributed by atoms with E-state index in [1.54, 1.807) is 33.4 Å². The van der Waals surface area contributed by atoms with E-state index in [2.05, 4.69) is 36.4 Å². The molecule has 0 aromatic heterocycles. The van der Waals surface area contributed by atoms with Gasteiger partial charge in [-0.15, -0.1) is 0 Å². The van der Waals surface area contributed by atoms with E-state index in [0.29, 0.717) is 193 Å². The fourth-order valence-corrected chi connectivity index (χ4v) is 13.9. The lowest BCUT2D eigenvalue weighted by Crippen LogP contribution is -2.16. The van der Waals surface area contributed by atoms with Gasteiger partial charge in [0, 0.05) is 0 Å². The normalized spacial score (nSPS) is 20.0. The molecule has 0 fully saturated rings. The molecule has 0 radical (unpaired) electrons. The maximum atomic E-state index is 6.44. The smallest absolute Gasteiger partial charge is 0.161 e. The van der Waals surface area contributed by atoms with E-state index < -0.39 is 0 Å². The first-order chi connectivity index (χ1) is 47.7. The van der Waals surface area contributed by atoms with Gasteiger partial charge in [-0.3, -0.25) is 0 Å². The van der Waals surface area contributed by atoms with Crippen LogP contribution in [0, 0.1) is 0 Å². The Bertz CT molecular complexity index is 3140. The topological polar surface area (TPSA) is 166 Å². The summed E-state index contributed by atoms with van der Waals surface area (Å²) in [4.78, 5) is 0. The van der Waals surface area contributed by atoms with Gasteiger partial charge >= 0.3 is 0 Å². The Kier molecular flexibility index (Phi) is 25.5. The monoisotopic (exact) mass is 1320 g/mol. The predicted molar refractivity (Wildman–Crippen MR) is 371 cm³/mol. The fraction of sp³-hybridized carbons (Fsp3) is 0.538. The molecule has 14 rings (SSSR count). The third-order valence-corrected chi connectivity index (χ3v) is 18.7. The highest BCUT2D eigenvalue weighted by Crippen LogP contribution is 2.48. The average Bonchev–Trinajstić information content (AvgIpc) is 0.734. The summed E-state index contributed by atoms with van der Waals surface area (Å²) < 4.78 is 107. The molecular formula is C78H96O18. The lowest BCUT2D eigenvalue weighted by Gasteiger charge is -2.23. The van der Waals surface area contributed by atoms with Crippen molar-refractivity contribution in [3.05, 3.63) is 106 Å². The van der Waals surface area contributed by atoms with Crippen LogP contribution in [0.4, 0.5) is 0 Å². The third kappa shape index (κ3) is 17.9. The summed E-state index contributed by atoms with van der Waals surface area (Å²) in [7, 11) is 0. The number of benzene rings is 8. The van der Waals surface area contributed by atoms with Crippen molar-refractivity contribution in [2.75, 3.05) is 198 Å². The van der Waals surface area contributed by atoms with Gasteiger partial charge in [0.1, 0.15) is 39.6 Å². The standard InChI is InChI=1S/C48H66O18.C30H30/c1-2-50-8-14-56-20-26-62-44-32-38-37(31-43(44)61-25-19-55-13-7-49-1)39-33-45-47(65-29-23-59-17-11-53-4-3-51-9-15-57-21-27-63-45)35-41(39)42-36-48-46(34-40(38)42)64-28-22-58-16-10-52-5-6-54-12-18-60-24-30-66-48;1-2-8-20-14-26-25(13-19(20)7-1)27-15-21-9-3-4-11-23(21)17-29(27)30-18-24-12-6-5-10-22(24)16-28(26)30/h31-36H,1-30H2;13-18H,1-12H2. The Morgan fingerprint density at radius 3 is 0.385 bits per heavy atom. The van der Waals surface area contributed by atoms with Crippen LogP contribution in [-0.2, 0) is 95.4 Å². The number of hydrogen-bond acceptors (Lipinski definition) is 18. The molecule has 0 unspecified atom stereocenters. The van der Waals surface area contributed by atoms with Gasteiger partial charge < -0.3 is 85.3 Å². The fourth-order valence-electron chi connectivity index (χ4n) is 13.9. The molecule has 8 aromatic carbocycles. The van der Waals surface area contributed by atoms with Crippen molar-refractivity contribution in [3.63, 3.8) is 0 Å². The molecule has 96 heavy (non-hydrogen) atoms. The first-order valence-corrected chi connectivity index (χ1v) is 35.4. The number of hydrogen-bond donors (Lipinski definition) is 0. The molecule has 0 amide bonds. The number of rotatable bonds is 0. The van der Waals surface area contributed by atoms with E-state index in [4.69, 9.17) is 85.3 Å². The first kappa shape index (κ1) is 68.2. The molecule has 18 heteroatoms. The Labute approximate surface area is 563 Å². The van der Waals surface area contributed by atoms with Crippen molar-refractivity contribution in [2.45, 2.75) is 77.0 Å². The Morgan fingerprint density at radius 2 is 0.250 bits per heavy atom. The van der Waals surface area contributed by atoms with Crippen LogP contribution in [-0.4, -0.2) is 198 Å². The molecule has 516 valence electrons. The second-order valence-electron chi connectivity index (χ2n) is 25.1. The van der Waals surface area contributed by atoms with E-state index in [9.17, 15) is 0 Å². The third-order valence-electron chi connectivity index (χ3n) is 18.7. The van der Waals surface area contributed by atoms with E-state index in [-0.39, 0.29) is 39.6 Å². The van der Waals surface area contributed by atoms with Crippen LogP contribution in [0.5, 0.6) is 34.5 Å². The van der Waals surface area contributed by atoms with Crippen molar-refractivity contribution < 1.29 is 85.3 Å². The van der Waals surface area contributed by atoms with Crippen molar-refractivity contribution in [1.82, 2.24) is 0 Å². The van der Waals surface area contributed by atoms with Crippen molar-refractivity contribution in [2.24, 2.45) is 0 Å². The molecule has 3 aliphatic carbocycles. The quantitative estimate of drug-likeness (QED) is 0.131. The minimum atomic E-state index is 0.280. The van der Waals surface area contributed by atoms with Crippen LogP contribution in [0.25, 0.3) is 64.6 Å². The molecule has 3 aliphatic heterocycles. The molecule has 3 heterocycles. The maximum absolute atomic E-state index is 6.44. The molecule has 0 saturated heterocycles. The van der Waals surface area contributed by atoms with E-state index in [0.717, 1.165) is 32.3 Å². The van der Waals surface area contributed by atoms with Crippen LogP contribution >= 0.6 is 0 Å². The summed E-state index contributed by atoms with van der Waals surface area (Å²) in [6.07, 6.45) is 15.7. The summed E-state index contributed by atoms with van der Waals surface area (Å²) in [5.41, 5.74) is 9.69. The summed E-state index contributed by atoms with van der Waals surface area (Å²) in [5, 5.41) is 14.4. The second-order valence-corrected chi connectivity index (χ2v) is 25.1. The highest BCUT2D eigenvalue weighted by Gasteiger charge is 2.24. The molecule has 0 bridgehead atoms. The SMILES string of the molecule is c1c2c(cc3c1c1cc4c(cc1c1cc5c(cc31)CCCC5)CCCC4)CCCC2.c1c2c(cc3c1c1cc4c(cc1c1cc5c(cc31)OCCOCCOCCOCCOCCO5)OCCOCCOCCOCCOCCO4)OCCOCCOCCOCCOCCO2. The highest BCUT2D eigenvalue weighted by molar-refractivity contribution is 6.28. The maximum Gasteiger partial charge on any atom is 0.161 e. The molecule has 8 aromatic rings. The molecule has 0 atom stereocenters. The molecule has 0 N–H and O–H groups in total. The molecule has 0 saturated carbocycles. The molecular weight excluding hydrogens is 1220 g/mol. The van der Waals surface area contributed by atoms with Crippen molar-refractivity contribution in [1.29, 1.82) is 0 Å². The van der Waals surface area contributed by atoms with Gasteiger partial charge in [-0.1, -0.05) is 36.4 Å². The van der Waals surface area contributed by atoms with Gasteiger partial charge in [0.05, 0.1) is 159 Å². The van der Waals surface area contributed by atoms with Crippen LogP contribution in [0.1, 0.15) is 71.9 Å². The lowest BCUT2D eigenvalue weighted by atomic mass is 9.81. The van der Waals surface area contributed by atoms with Gasteiger partial charge in [0.25, 0.3) is 0 Å². The van der Waals surface area contributed by atoms with Gasteiger partial charge in [-0.2, -0.15) is 0 Å². The van der Waals surface area contributed by atoms with Crippen LogP contribution < -0.4 is 28.4 Å². The van der Waals surface area contributed by atoms with Gasteiger partial charge in [0.2, 0.25) is 0 Å². The Balaban J connectivity index is 0.000000227. The zero-order valence-corrected chi connectivity index (χ0v) is 56.0. The highest BCUT2D eigenvalue weighted by atomic mass is 16.6. The zero-order chi connectivity index (χ0) is 64.8.